The Kier molecular flexibility index (Phi) is 3.84. The summed E-state index contributed by atoms with van der Waals surface area (Å²) in [6.07, 6.45) is 0.550. The molecule has 2 aromatic rings. The lowest BCUT2D eigenvalue weighted by Gasteiger charge is -2.09. The van der Waals surface area contributed by atoms with Crippen molar-refractivity contribution in [2.24, 2.45) is 5.73 Å². The fraction of sp³-hybridized carbons (Fsp3) is 0.333. The zero-order valence-electron chi connectivity index (χ0n) is 10.2. The van der Waals surface area contributed by atoms with Gasteiger partial charge in [0.15, 0.2) is 0 Å². The average molecular weight is 268 g/mol. The highest BCUT2D eigenvalue weighted by atomic mass is 35.5. The molecule has 0 unspecified atom stereocenters. The number of hydrogen-bond acceptors (Lipinski definition) is 5. The number of methoxy groups -OCH3 is 1. The van der Waals surface area contributed by atoms with Crippen LogP contribution in [-0.2, 0) is 6.42 Å². The summed E-state index contributed by atoms with van der Waals surface area (Å²) in [5, 5.41) is 8.51. The van der Waals surface area contributed by atoms with E-state index in [1.54, 1.807) is 13.2 Å². The summed E-state index contributed by atoms with van der Waals surface area (Å²) in [5.41, 5.74) is 7.05. The molecule has 0 bridgehead atoms. The number of hydrogen-bond donors (Lipinski definition) is 1. The van der Waals surface area contributed by atoms with E-state index in [1.807, 2.05) is 13.0 Å². The number of ether oxygens (including phenoxy) is 1. The first-order valence-electron chi connectivity index (χ1n) is 5.52. The molecule has 0 aliphatic heterocycles. The van der Waals surface area contributed by atoms with Crippen molar-refractivity contribution in [1.82, 2.24) is 10.2 Å². The van der Waals surface area contributed by atoms with E-state index < -0.39 is 0 Å². The number of aromatic nitrogens is 2. The van der Waals surface area contributed by atoms with E-state index in [1.165, 1.54) is 0 Å². The van der Waals surface area contributed by atoms with Gasteiger partial charge in [0.2, 0.25) is 5.89 Å². The summed E-state index contributed by atoms with van der Waals surface area (Å²) in [6.45, 7) is 2.37. The topological polar surface area (TPSA) is 74.2 Å². The maximum Gasteiger partial charge on any atom is 0.251 e. The van der Waals surface area contributed by atoms with Crippen molar-refractivity contribution in [2.75, 3.05) is 13.7 Å². The molecule has 0 atom stereocenters. The summed E-state index contributed by atoms with van der Waals surface area (Å²) >= 11 is 6.03. The van der Waals surface area contributed by atoms with Crippen LogP contribution in [0.5, 0.6) is 5.75 Å². The van der Waals surface area contributed by atoms with Crippen molar-refractivity contribution in [2.45, 2.75) is 13.3 Å². The van der Waals surface area contributed by atoms with Crippen LogP contribution in [0.2, 0.25) is 5.02 Å². The van der Waals surface area contributed by atoms with Crippen LogP contribution < -0.4 is 10.5 Å². The van der Waals surface area contributed by atoms with Gasteiger partial charge in [-0.15, -0.1) is 10.2 Å². The molecule has 96 valence electrons. The van der Waals surface area contributed by atoms with E-state index in [2.05, 4.69) is 10.2 Å². The van der Waals surface area contributed by atoms with Gasteiger partial charge in [-0.25, -0.2) is 0 Å². The molecule has 0 fully saturated rings. The minimum Gasteiger partial charge on any atom is -0.496 e. The number of nitrogens with two attached hydrogens (primary N) is 1. The van der Waals surface area contributed by atoms with E-state index >= 15 is 0 Å². The van der Waals surface area contributed by atoms with E-state index in [-0.39, 0.29) is 0 Å². The van der Waals surface area contributed by atoms with Crippen molar-refractivity contribution in [3.8, 4) is 17.2 Å². The van der Waals surface area contributed by atoms with Gasteiger partial charge in [0.25, 0.3) is 5.89 Å². The summed E-state index contributed by atoms with van der Waals surface area (Å²) < 4.78 is 10.9. The molecule has 0 radical (unpaired) electrons. The van der Waals surface area contributed by atoms with Gasteiger partial charge in [0.05, 0.1) is 12.7 Å². The third-order valence-corrected chi connectivity index (χ3v) is 2.72. The van der Waals surface area contributed by atoms with Gasteiger partial charge < -0.3 is 14.9 Å². The molecular formula is C12H14ClN3O2. The van der Waals surface area contributed by atoms with Crippen molar-refractivity contribution in [3.63, 3.8) is 0 Å². The SMILES string of the molecule is COc1c(C)cc(Cl)cc1-c1nnc(CCN)o1. The summed E-state index contributed by atoms with van der Waals surface area (Å²) in [4.78, 5) is 0. The second-order valence-electron chi connectivity index (χ2n) is 3.84. The van der Waals surface area contributed by atoms with Crippen molar-refractivity contribution >= 4 is 11.6 Å². The number of benzene rings is 1. The number of nitrogens with zero attached hydrogens (tertiary/aromatic N) is 2. The minimum atomic E-state index is 0.390. The smallest absolute Gasteiger partial charge is 0.251 e. The molecule has 5 nitrogen and oxygen atoms in total. The molecule has 18 heavy (non-hydrogen) atoms. The van der Waals surface area contributed by atoms with Crippen LogP contribution in [0.15, 0.2) is 16.5 Å². The molecule has 2 rings (SSSR count). The van der Waals surface area contributed by atoms with Gasteiger partial charge in [0.1, 0.15) is 5.75 Å². The monoisotopic (exact) mass is 267 g/mol. The predicted molar refractivity (Wildman–Crippen MR) is 68.8 cm³/mol. The highest BCUT2D eigenvalue weighted by Gasteiger charge is 2.16. The molecule has 6 heteroatoms. The maximum atomic E-state index is 6.03. The number of rotatable bonds is 4. The van der Waals surface area contributed by atoms with Gasteiger partial charge in [0, 0.05) is 18.0 Å². The number of halogens is 1. The Balaban J connectivity index is 2.48. The predicted octanol–water partition coefficient (Wildman–Crippen LogP) is 2.21. The minimum absolute atomic E-state index is 0.390. The van der Waals surface area contributed by atoms with E-state index in [0.717, 1.165) is 5.56 Å². The third kappa shape index (κ3) is 2.47. The van der Waals surface area contributed by atoms with Gasteiger partial charge in [-0.3, -0.25) is 0 Å². The molecular weight excluding hydrogens is 254 g/mol. The molecule has 1 aromatic heterocycles. The van der Waals surface area contributed by atoms with Crippen molar-refractivity contribution in [3.05, 3.63) is 28.6 Å². The van der Waals surface area contributed by atoms with Gasteiger partial charge in [-0.05, 0) is 24.6 Å². The zero-order valence-corrected chi connectivity index (χ0v) is 11.0. The lowest BCUT2D eigenvalue weighted by molar-refractivity contribution is 0.410. The molecule has 2 N–H and O–H groups in total. The molecule has 1 heterocycles. The first-order chi connectivity index (χ1) is 8.65. The van der Waals surface area contributed by atoms with Crippen LogP contribution >= 0.6 is 11.6 Å². The zero-order chi connectivity index (χ0) is 13.1. The third-order valence-electron chi connectivity index (χ3n) is 2.50. The average Bonchev–Trinajstić information content (AvgIpc) is 2.77. The Morgan fingerprint density at radius 3 is 2.83 bits per heavy atom. The van der Waals surface area contributed by atoms with Crippen LogP contribution in [0.4, 0.5) is 0 Å². The molecule has 0 amide bonds. The molecule has 0 saturated carbocycles. The fourth-order valence-corrected chi connectivity index (χ4v) is 2.02. The lowest BCUT2D eigenvalue weighted by atomic mass is 10.1. The normalized spacial score (nSPS) is 10.7. The molecule has 0 aliphatic carbocycles. The number of aryl methyl sites for hydroxylation is 1. The molecule has 0 spiro atoms. The highest BCUT2D eigenvalue weighted by Crippen LogP contribution is 2.34. The quantitative estimate of drug-likeness (QED) is 0.919. The lowest BCUT2D eigenvalue weighted by Crippen LogP contribution is -2.02. The van der Waals surface area contributed by atoms with Gasteiger partial charge >= 0.3 is 0 Å². The van der Waals surface area contributed by atoms with Crippen molar-refractivity contribution < 1.29 is 9.15 Å². The molecule has 1 aromatic carbocycles. The van der Waals surface area contributed by atoms with Crippen LogP contribution in [0, 0.1) is 6.92 Å². The van der Waals surface area contributed by atoms with E-state index in [0.29, 0.717) is 41.1 Å². The van der Waals surface area contributed by atoms with Crippen LogP contribution in [0.1, 0.15) is 11.5 Å². The Morgan fingerprint density at radius 2 is 2.17 bits per heavy atom. The second kappa shape index (κ2) is 5.37. The Labute approximate surface area is 110 Å². The fourth-order valence-electron chi connectivity index (χ4n) is 1.75. The first kappa shape index (κ1) is 12.9. The Morgan fingerprint density at radius 1 is 1.39 bits per heavy atom. The maximum absolute atomic E-state index is 6.03. The second-order valence-corrected chi connectivity index (χ2v) is 4.28. The summed E-state index contributed by atoms with van der Waals surface area (Å²) in [5.74, 6) is 1.58. The Hall–Kier alpha value is -1.59. The highest BCUT2D eigenvalue weighted by molar-refractivity contribution is 6.31. The van der Waals surface area contributed by atoms with Crippen LogP contribution in [-0.4, -0.2) is 23.9 Å². The Bertz CT molecular complexity index is 554. The standard InChI is InChI=1S/C12H14ClN3O2/c1-7-5-8(13)6-9(11(7)17-2)12-16-15-10(18-12)3-4-14/h5-6H,3-4,14H2,1-2H3. The first-order valence-corrected chi connectivity index (χ1v) is 5.90. The summed E-state index contributed by atoms with van der Waals surface area (Å²) in [6, 6.07) is 3.56. The van der Waals surface area contributed by atoms with Crippen LogP contribution in [0.3, 0.4) is 0 Å². The van der Waals surface area contributed by atoms with Crippen molar-refractivity contribution in [1.29, 1.82) is 0 Å². The summed E-state index contributed by atoms with van der Waals surface area (Å²) in [7, 11) is 1.59. The molecule has 0 aliphatic rings. The van der Waals surface area contributed by atoms with Crippen LogP contribution in [0.25, 0.3) is 11.5 Å². The van der Waals surface area contributed by atoms with E-state index in [4.69, 9.17) is 26.5 Å². The van der Waals surface area contributed by atoms with Gasteiger partial charge in [-0.1, -0.05) is 11.6 Å². The molecule has 0 saturated heterocycles. The van der Waals surface area contributed by atoms with E-state index in [9.17, 15) is 0 Å². The largest absolute Gasteiger partial charge is 0.496 e. The van der Waals surface area contributed by atoms with Gasteiger partial charge in [-0.2, -0.15) is 0 Å².